The summed E-state index contributed by atoms with van der Waals surface area (Å²) in [7, 11) is 1.80. The Labute approximate surface area is 130 Å². The molecule has 0 radical (unpaired) electrons. The van der Waals surface area contributed by atoms with E-state index in [9.17, 15) is 4.79 Å². The van der Waals surface area contributed by atoms with Crippen molar-refractivity contribution in [3.63, 3.8) is 0 Å². The number of amides is 1. The Morgan fingerprint density at radius 3 is 2.48 bits per heavy atom. The van der Waals surface area contributed by atoms with E-state index in [-0.39, 0.29) is 5.91 Å². The van der Waals surface area contributed by atoms with E-state index in [4.69, 9.17) is 11.6 Å². The summed E-state index contributed by atoms with van der Waals surface area (Å²) in [5, 5.41) is 7.94. The van der Waals surface area contributed by atoms with Gasteiger partial charge in [0.25, 0.3) is 0 Å². The van der Waals surface area contributed by atoms with Crippen molar-refractivity contribution >= 4 is 17.5 Å². The van der Waals surface area contributed by atoms with Gasteiger partial charge in [-0.05, 0) is 51.2 Å². The molecule has 5 nitrogen and oxygen atoms in total. The topological polar surface area (TPSA) is 50.2 Å². The predicted molar refractivity (Wildman–Crippen MR) is 82.4 cm³/mol. The molecule has 3 aliphatic heterocycles. The third kappa shape index (κ3) is 2.94. The van der Waals surface area contributed by atoms with Gasteiger partial charge in [0.2, 0.25) is 5.91 Å². The van der Waals surface area contributed by atoms with E-state index < -0.39 is 0 Å². The van der Waals surface area contributed by atoms with Crippen molar-refractivity contribution in [2.45, 2.75) is 32.6 Å². The maximum absolute atomic E-state index is 12.2. The largest absolute Gasteiger partial charge is 0.355 e. The van der Waals surface area contributed by atoms with Crippen LogP contribution < -0.4 is 5.32 Å². The molecule has 3 aliphatic rings. The van der Waals surface area contributed by atoms with Crippen LogP contribution in [0.2, 0.25) is 5.15 Å². The quantitative estimate of drug-likeness (QED) is 0.917. The molecule has 0 atom stereocenters. The summed E-state index contributed by atoms with van der Waals surface area (Å²) in [5.41, 5.74) is 2.01. The molecule has 1 amide bonds. The molecule has 4 heterocycles. The first kappa shape index (κ1) is 14.9. The summed E-state index contributed by atoms with van der Waals surface area (Å²) >= 11 is 6.18. The van der Waals surface area contributed by atoms with Gasteiger partial charge in [0, 0.05) is 19.2 Å². The Morgan fingerprint density at radius 2 is 1.95 bits per heavy atom. The van der Waals surface area contributed by atoms with Gasteiger partial charge >= 0.3 is 0 Å². The third-order valence-corrected chi connectivity index (χ3v) is 5.62. The zero-order valence-electron chi connectivity index (χ0n) is 12.8. The molecular formula is C15H23ClN4O. The first-order chi connectivity index (χ1) is 9.99. The SMILES string of the molecule is Cc1nn(C)c(Cl)c1CC(=O)NCC12CCN(CC1)CC2. The minimum Gasteiger partial charge on any atom is -0.355 e. The van der Waals surface area contributed by atoms with Crippen molar-refractivity contribution < 1.29 is 4.79 Å². The molecule has 3 fully saturated rings. The first-order valence-corrected chi connectivity index (χ1v) is 8.04. The molecule has 6 heteroatoms. The Kier molecular flexibility index (Phi) is 3.97. The summed E-state index contributed by atoms with van der Waals surface area (Å²) in [6.07, 6.45) is 3.95. The Balaban J connectivity index is 1.57. The molecule has 1 N–H and O–H groups in total. The Morgan fingerprint density at radius 1 is 1.33 bits per heavy atom. The number of nitrogens with one attached hydrogen (secondary N) is 1. The smallest absolute Gasteiger partial charge is 0.224 e. The molecular weight excluding hydrogens is 288 g/mol. The molecule has 0 unspecified atom stereocenters. The van der Waals surface area contributed by atoms with Crippen LogP contribution in [0.3, 0.4) is 0 Å². The summed E-state index contributed by atoms with van der Waals surface area (Å²) in [4.78, 5) is 14.7. The van der Waals surface area contributed by atoms with Gasteiger partial charge in [-0.1, -0.05) is 11.6 Å². The van der Waals surface area contributed by atoms with Gasteiger partial charge in [-0.15, -0.1) is 0 Å². The number of rotatable bonds is 4. The second-order valence-electron chi connectivity index (χ2n) is 6.52. The standard InChI is InChI=1S/C15H23ClN4O/c1-11-12(14(16)19(2)18-11)9-13(21)17-10-15-3-6-20(7-4-15)8-5-15/h3-10H2,1-2H3,(H,17,21). The minimum absolute atomic E-state index is 0.0513. The monoisotopic (exact) mass is 310 g/mol. The van der Waals surface area contributed by atoms with Crippen LogP contribution in [0.4, 0.5) is 0 Å². The van der Waals surface area contributed by atoms with E-state index in [1.807, 2.05) is 6.92 Å². The lowest BCUT2D eigenvalue weighted by molar-refractivity contribution is -0.121. The average Bonchev–Trinajstić information content (AvgIpc) is 2.74. The highest BCUT2D eigenvalue weighted by Gasteiger charge is 2.39. The van der Waals surface area contributed by atoms with Crippen LogP contribution in [0.5, 0.6) is 0 Å². The zero-order valence-corrected chi connectivity index (χ0v) is 13.5. The number of carbonyl (C=O) groups is 1. The highest BCUT2D eigenvalue weighted by Crippen LogP contribution is 2.39. The van der Waals surface area contributed by atoms with Crippen LogP contribution in [0.25, 0.3) is 0 Å². The van der Waals surface area contributed by atoms with Crippen LogP contribution in [0, 0.1) is 12.3 Å². The highest BCUT2D eigenvalue weighted by molar-refractivity contribution is 6.30. The molecule has 4 rings (SSSR count). The number of piperidine rings is 3. The van der Waals surface area contributed by atoms with Gasteiger partial charge < -0.3 is 10.2 Å². The van der Waals surface area contributed by atoms with Crippen LogP contribution in [-0.2, 0) is 18.3 Å². The van der Waals surface area contributed by atoms with Crippen molar-refractivity contribution in [2.24, 2.45) is 12.5 Å². The molecule has 0 spiro atoms. The van der Waals surface area contributed by atoms with Crippen molar-refractivity contribution in [1.82, 2.24) is 20.0 Å². The normalized spacial score (nSPS) is 27.9. The molecule has 116 valence electrons. The lowest BCUT2D eigenvalue weighted by Crippen LogP contribution is -2.52. The number of halogens is 1. The van der Waals surface area contributed by atoms with Crippen LogP contribution >= 0.6 is 11.6 Å². The molecule has 1 aromatic rings. The lowest BCUT2D eigenvalue weighted by atomic mass is 9.72. The number of aryl methyl sites for hydroxylation is 2. The Bertz CT molecular complexity index is 532. The molecule has 0 saturated carbocycles. The summed E-state index contributed by atoms with van der Waals surface area (Å²) in [6, 6.07) is 0. The lowest BCUT2D eigenvalue weighted by Gasteiger charge is -2.48. The number of hydrogen-bond acceptors (Lipinski definition) is 3. The van der Waals surface area contributed by atoms with Crippen LogP contribution in [-0.4, -0.2) is 46.8 Å². The fraction of sp³-hybridized carbons (Fsp3) is 0.733. The predicted octanol–water partition coefficient (Wildman–Crippen LogP) is 1.53. The molecule has 0 aliphatic carbocycles. The van der Waals surface area contributed by atoms with E-state index in [0.29, 0.717) is 17.0 Å². The zero-order chi connectivity index (χ0) is 15.0. The van der Waals surface area contributed by atoms with Gasteiger partial charge in [-0.25, -0.2) is 0 Å². The van der Waals surface area contributed by atoms with E-state index >= 15 is 0 Å². The maximum Gasteiger partial charge on any atom is 0.224 e. The second kappa shape index (κ2) is 5.61. The van der Waals surface area contributed by atoms with E-state index in [1.54, 1.807) is 11.7 Å². The van der Waals surface area contributed by atoms with Crippen molar-refractivity contribution in [3.05, 3.63) is 16.4 Å². The van der Waals surface area contributed by atoms with Crippen molar-refractivity contribution in [3.8, 4) is 0 Å². The third-order valence-electron chi connectivity index (χ3n) is 5.14. The molecule has 21 heavy (non-hydrogen) atoms. The molecule has 3 saturated heterocycles. The average molecular weight is 311 g/mol. The van der Waals surface area contributed by atoms with Crippen molar-refractivity contribution in [2.75, 3.05) is 26.2 Å². The first-order valence-electron chi connectivity index (χ1n) is 7.66. The number of hydrogen-bond donors (Lipinski definition) is 1. The van der Waals surface area contributed by atoms with E-state index in [1.165, 1.54) is 38.9 Å². The van der Waals surface area contributed by atoms with E-state index in [0.717, 1.165) is 17.8 Å². The molecule has 0 aromatic carbocycles. The van der Waals surface area contributed by atoms with Gasteiger partial charge in [0.15, 0.2) is 0 Å². The number of fused-ring (bicyclic) bond motifs is 3. The summed E-state index contributed by atoms with van der Waals surface area (Å²) in [5.74, 6) is 0.0513. The van der Waals surface area contributed by atoms with Crippen molar-refractivity contribution in [1.29, 1.82) is 0 Å². The minimum atomic E-state index is 0.0513. The number of aromatic nitrogens is 2. The fourth-order valence-electron chi connectivity index (χ4n) is 3.55. The second-order valence-corrected chi connectivity index (χ2v) is 6.88. The van der Waals surface area contributed by atoms with Gasteiger partial charge in [-0.3, -0.25) is 9.48 Å². The van der Waals surface area contributed by atoms with Gasteiger partial charge in [-0.2, -0.15) is 5.10 Å². The van der Waals surface area contributed by atoms with E-state index in [2.05, 4.69) is 15.3 Å². The maximum atomic E-state index is 12.2. The number of nitrogens with zero attached hydrogens (tertiary/aromatic N) is 3. The molecule has 1 aromatic heterocycles. The summed E-state index contributed by atoms with van der Waals surface area (Å²) in [6.45, 7) is 6.25. The summed E-state index contributed by atoms with van der Waals surface area (Å²) < 4.78 is 1.62. The fourth-order valence-corrected chi connectivity index (χ4v) is 3.79. The van der Waals surface area contributed by atoms with Gasteiger partial charge in [0.05, 0.1) is 12.1 Å². The highest BCUT2D eigenvalue weighted by atomic mass is 35.5. The van der Waals surface area contributed by atoms with Crippen LogP contribution in [0.1, 0.15) is 30.5 Å². The Hall–Kier alpha value is -1.07. The molecule has 2 bridgehead atoms. The van der Waals surface area contributed by atoms with Gasteiger partial charge in [0.1, 0.15) is 5.15 Å². The van der Waals surface area contributed by atoms with Crippen LogP contribution in [0.15, 0.2) is 0 Å². The number of carbonyl (C=O) groups excluding carboxylic acids is 1.